The van der Waals surface area contributed by atoms with Gasteiger partial charge in [-0.2, -0.15) is 0 Å². The zero-order valence-corrected chi connectivity index (χ0v) is 10.6. The van der Waals surface area contributed by atoms with Gasteiger partial charge in [0.1, 0.15) is 0 Å². The van der Waals surface area contributed by atoms with Crippen molar-refractivity contribution >= 4 is 0 Å². The van der Waals surface area contributed by atoms with Gasteiger partial charge in [0.2, 0.25) is 0 Å². The molecule has 0 radical (unpaired) electrons. The molecule has 1 aliphatic rings. The van der Waals surface area contributed by atoms with Crippen molar-refractivity contribution in [3.05, 3.63) is 24.2 Å². The van der Waals surface area contributed by atoms with Crippen LogP contribution in [0.4, 0.5) is 0 Å². The minimum atomic E-state index is -0.486. The summed E-state index contributed by atoms with van der Waals surface area (Å²) in [5, 5.41) is 10.6. The third kappa shape index (κ3) is 2.40. The van der Waals surface area contributed by atoms with Gasteiger partial charge in [-0.25, -0.2) is 0 Å². The molecule has 1 aromatic rings. The van der Waals surface area contributed by atoms with Gasteiger partial charge in [0, 0.05) is 17.5 Å². The average Bonchev–Trinajstić information content (AvgIpc) is 2.91. The molecule has 3 heteroatoms. The Labute approximate surface area is 103 Å². The molecule has 3 nitrogen and oxygen atoms in total. The lowest BCUT2D eigenvalue weighted by molar-refractivity contribution is -0.0165. The lowest BCUT2D eigenvalue weighted by Gasteiger charge is -2.43. The van der Waals surface area contributed by atoms with E-state index in [1.165, 1.54) is 19.3 Å². The Bertz CT molecular complexity index is 336. The Kier molecular flexibility index (Phi) is 3.89. The van der Waals surface area contributed by atoms with Crippen LogP contribution in [-0.2, 0) is 0 Å². The molecule has 2 rings (SSSR count). The zero-order valence-electron chi connectivity index (χ0n) is 10.6. The molecule has 17 heavy (non-hydrogen) atoms. The molecule has 1 heterocycles. The van der Waals surface area contributed by atoms with E-state index in [2.05, 4.69) is 6.92 Å². The highest BCUT2D eigenvalue weighted by Crippen LogP contribution is 2.48. The minimum Gasteiger partial charge on any atom is -0.472 e. The number of aliphatic hydroxyl groups is 1. The van der Waals surface area contributed by atoms with E-state index in [4.69, 9.17) is 10.2 Å². The fraction of sp³-hybridized carbons (Fsp3) is 0.714. The summed E-state index contributed by atoms with van der Waals surface area (Å²) in [6.07, 6.45) is 8.45. The van der Waals surface area contributed by atoms with E-state index in [0.717, 1.165) is 18.4 Å². The van der Waals surface area contributed by atoms with Crippen molar-refractivity contribution in [3.63, 3.8) is 0 Å². The molecule has 0 aromatic carbocycles. The molecule has 1 aliphatic carbocycles. The highest BCUT2D eigenvalue weighted by atomic mass is 16.3. The summed E-state index contributed by atoms with van der Waals surface area (Å²) in [5.41, 5.74) is 6.69. The monoisotopic (exact) mass is 237 g/mol. The lowest BCUT2D eigenvalue weighted by Crippen LogP contribution is -2.40. The normalized spacial score (nSPS) is 31.4. The summed E-state index contributed by atoms with van der Waals surface area (Å²) in [4.78, 5) is 0. The van der Waals surface area contributed by atoms with E-state index in [1.807, 2.05) is 6.07 Å². The van der Waals surface area contributed by atoms with Gasteiger partial charge in [0.05, 0.1) is 18.6 Å². The maximum Gasteiger partial charge on any atom is 0.0960 e. The summed E-state index contributed by atoms with van der Waals surface area (Å²) in [6.45, 7) is 2.78. The molecule has 0 bridgehead atoms. The third-order valence-corrected chi connectivity index (χ3v) is 4.41. The highest BCUT2D eigenvalue weighted by molar-refractivity contribution is 5.14. The van der Waals surface area contributed by atoms with Crippen LogP contribution in [0.25, 0.3) is 0 Å². The maximum atomic E-state index is 10.6. The predicted octanol–water partition coefficient (Wildman–Crippen LogP) is 2.86. The molecule has 0 aliphatic heterocycles. The smallest absolute Gasteiger partial charge is 0.0960 e. The SMILES string of the molecule is CCC1CCCC(CN)(C(O)c2ccoc2)C1. The van der Waals surface area contributed by atoms with Crippen molar-refractivity contribution in [2.45, 2.75) is 45.1 Å². The van der Waals surface area contributed by atoms with Crippen molar-refractivity contribution in [1.82, 2.24) is 0 Å². The Morgan fingerprint density at radius 2 is 2.47 bits per heavy atom. The molecule has 96 valence electrons. The first-order valence-electron chi connectivity index (χ1n) is 6.62. The number of hydrogen-bond acceptors (Lipinski definition) is 3. The van der Waals surface area contributed by atoms with Crippen molar-refractivity contribution in [1.29, 1.82) is 0 Å². The van der Waals surface area contributed by atoms with E-state index in [-0.39, 0.29) is 5.41 Å². The third-order valence-electron chi connectivity index (χ3n) is 4.41. The Morgan fingerprint density at radius 3 is 3.06 bits per heavy atom. The van der Waals surface area contributed by atoms with Crippen LogP contribution in [0.1, 0.15) is 50.7 Å². The highest BCUT2D eigenvalue weighted by Gasteiger charge is 2.41. The van der Waals surface area contributed by atoms with Crippen LogP contribution in [0.2, 0.25) is 0 Å². The summed E-state index contributed by atoms with van der Waals surface area (Å²) >= 11 is 0. The molecule has 0 saturated heterocycles. The molecule has 3 N–H and O–H groups in total. The molecular formula is C14H23NO2. The first-order chi connectivity index (χ1) is 8.22. The van der Waals surface area contributed by atoms with Gasteiger partial charge in [-0.1, -0.05) is 26.2 Å². The molecule has 1 saturated carbocycles. The largest absolute Gasteiger partial charge is 0.472 e. The van der Waals surface area contributed by atoms with Crippen molar-refractivity contribution < 1.29 is 9.52 Å². The van der Waals surface area contributed by atoms with Gasteiger partial charge in [0.25, 0.3) is 0 Å². The zero-order chi connectivity index (χ0) is 12.3. The summed E-state index contributed by atoms with van der Waals surface area (Å²) < 4.78 is 5.07. The van der Waals surface area contributed by atoms with Crippen LogP contribution < -0.4 is 5.73 Å². The van der Waals surface area contributed by atoms with Gasteiger partial charge in [-0.3, -0.25) is 0 Å². The van der Waals surface area contributed by atoms with Gasteiger partial charge in [-0.15, -0.1) is 0 Å². The van der Waals surface area contributed by atoms with Gasteiger partial charge in [-0.05, 0) is 24.8 Å². The fourth-order valence-electron chi connectivity index (χ4n) is 3.20. The maximum absolute atomic E-state index is 10.6. The van der Waals surface area contributed by atoms with E-state index in [9.17, 15) is 5.11 Å². The lowest BCUT2D eigenvalue weighted by atomic mass is 9.65. The number of rotatable bonds is 4. The first kappa shape index (κ1) is 12.7. The summed E-state index contributed by atoms with van der Waals surface area (Å²) in [7, 11) is 0. The molecular weight excluding hydrogens is 214 g/mol. The number of hydrogen-bond donors (Lipinski definition) is 2. The average molecular weight is 237 g/mol. The number of nitrogens with two attached hydrogens (primary N) is 1. The minimum absolute atomic E-state index is 0.150. The van der Waals surface area contributed by atoms with Crippen LogP contribution in [0.3, 0.4) is 0 Å². The fourth-order valence-corrected chi connectivity index (χ4v) is 3.20. The van der Waals surface area contributed by atoms with E-state index >= 15 is 0 Å². The van der Waals surface area contributed by atoms with Crippen LogP contribution in [0.15, 0.2) is 23.0 Å². The molecule has 1 fully saturated rings. The van der Waals surface area contributed by atoms with Crippen LogP contribution in [0.5, 0.6) is 0 Å². The van der Waals surface area contributed by atoms with Crippen molar-refractivity contribution in [2.24, 2.45) is 17.1 Å². The second-order valence-electron chi connectivity index (χ2n) is 5.40. The van der Waals surface area contributed by atoms with E-state index in [1.54, 1.807) is 12.5 Å². The Morgan fingerprint density at radius 1 is 1.65 bits per heavy atom. The van der Waals surface area contributed by atoms with E-state index < -0.39 is 6.10 Å². The number of furan rings is 1. The second-order valence-corrected chi connectivity index (χ2v) is 5.40. The van der Waals surface area contributed by atoms with E-state index in [0.29, 0.717) is 12.5 Å². The van der Waals surface area contributed by atoms with Gasteiger partial charge < -0.3 is 15.3 Å². The molecule has 1 aromatic heterocycles. The summed E-state index contributed by atoms with van der Waals surface area (Å²) in [6, 6.07) is 1.84. The van der Waals surface area contributed by atoms with Crippen molar-refractivity contribution in [3.8, 4) is 0 Å². The first-order valence-corrected chi connectivity index (χ1v) is 6.62. The van der Waals surface area contributed by atoms with Crippen LogP contribution in [-0.4, -0.2) is 11.7 Å². The Balaban J connectivity index is 2.18. The van der Waals surface area contributed by atoms with Gasteiger partial charge >= 0.3 is 0 Å². The summed E-state index contributed by atoms with van der Waals surface area (Å²) in [5.74, 6) is 0.703. The molecule has 0 spiro atoms. The van der Waals surface area contributed by atoms with Crippen LogP contribution >= 0.6 is 0 Å². The Hall–Kier alpha value is -0.800. The second kappa shape index (κ2) is 5.23. The van der Waals surface area contributed by atoms with Crippen LogP contribution in [0, 0.1) is 11.3 Å². The van der Waals surface area contributed by atoms with Gasteiger partial charge in [0.15, 0.2) is 0 Å². The molecule has 0 amide bonds. The topological polar surface area (TPSA) is 59.4 Å². The predicted molar refractivity (Wildman–Crippen MR) is 67.4 cm³/mol. The number of aliphatic hydroxyl groups excluding tert-OH is 1. The van der Waals surface area contributed by atoms with Crippen molar-refractivity contribution in [2.75, 3.05) is 6.54 Å². The molecule has 3 atom stereocenters. The standard InChI is InChI=1S/C14H23NO2/c1-2-11-4-3-6-14(8-11,10-15)13(16)12-5-7-17-9-12/h5,7,9,11,13,16H,2-4,6,8,10,15H2,1H3. The molecule has 3 unspecified atom stereocenters. The quantitative estimate of drug-likeness (QED) is 0.846.